The van der Waals surface area contributed by atoms with Crippen molar-refractivity contribution >= 4 is 36.0 Å². The Morgan fingerprint density at radius 2 is 1.59 bits per heavy atom. The molecule has 34 heavy (non-hydrogen) atoms. The van der Waals surface area contributed by atoms with Gasteiger partial charge in [-0.3, -0.25) is 4.90 Å². The van der Waals surface area contributed by atoms with Gasteiger partial charge >= 0.3 is 5.97 Å². The van der Waals surface area contributed by atoms with Crippen molar-refractivity contribution in [3.05, 3.63) is 76.2 Å². The average Bonchev–Trinajstić information content (AvgIpc) is 3.24. The maximum absolute atomic E-state index is 11.4. The third kappa shape index (κ3) is 4.62. The summed E-state index contributed by atoms with van der Waals surface area (Å²) in [7, 11) is -2.62. The minimum atomic E-state index is -2.62. The second-order valence-corrected chi connectivity index (χ2v) is 16.0. The Balaban J connectivity index is 1.65. The van der Waals surface area contributed by atoms with Gasteiger partial charge in [-0.2, -0.15) is 0 Å². The third-order valence-corrected chi connectivity index (χ3v) is 12.9. The van der Waals surface area contributed by atoms with Crippen molar-refractivity contribution in [3.63, 3.8) is 0 Å². The quantitative estimate of drug-likeness (QED) is 0.488. The maximum Gasteiger partial charge on any atom is 0.365 e. The van der Waals surface area contributed by atoms with Gasteiger partial charge in [0.2, 0.25) is 5.01 Å². The Bertz CT molecular complexity index is 1100. The molecule has 2 heterocycles. The fourth-order valence-corrected chi connectivity index (χ4v) is 10.6. The lowest BCUT2D eigenvalue weighted by Crippen LogP contribution is -2.68. The number of hydrogen-bond donors (Lipinski definition) is 1. The number of benzene rings is 2. The number of carboxylic acids is 1. The highest BCUT2D eigenvalue weighted by Crippen LogP contribution is 2.38. The van der Waals surface area contributed by atoms with Crippen molar-refractivity contribution in [1.29, 1.82) is 0 Å². The predicted octanol–water partition coefficient (Wildman–Crippen LogP) is 4.55. The number of carbonyl (C=O) groups is 1. The minimum Gasteiger partial charge on any atom is -0.476 e. The van der Waals surface area contributed by atoms with Crippen LogP contribution in [-0.2, 0) is 17.4 Å². The van der Waals surface area contributed by atoms with Crippen LogP contribution in [0.1, 0.15) is 55.0 Å². The predicted molar refractivity (Wildman–Crippen MR) is 141 cm³/mol. The Morgan fingerprint density at radius 3 is 2.09 bits per heavy atom. The third-order valence-electron chi connectivity index (χ3n) is 6.83. The van der Waals surface area contributed by atoms with Gasteiger partial charge in [0.1, 0.15) is 0 Å². The van der Waals surface area contributed by atoms with Crippen LogP contribution in [0.3, 0.4) is 0 Å². The number of rotatable bonds is 7. The summed E-state index contributed by atoms with van der Waals surface area (Å²) in [5, 5.41) is 12.0. The van der Waals surface area contributed by atoms with E-state index < -0.39 is 14.3 Å². The van der Waals surface area contributed by atoms with Crippen LogP contribution in [0.15, 0.2) is 60.7 Å². The standard InChI is InChI=1S/C27H34N2O3SSi/c1-26(2,3)34(20-12-8-6-9-13-20,21-14-10-7-11-15-21)32-19-27(4,5)29-17-16-22-23(18-29)33-24(28-22)25(30)31/h6-15H,16-19H2,1-5H3,(H,30,31). The van der Waals surface area contributed by atoms with Crippen LogP contribution >= 0.6 is 11.3 Å². The molecular weight excluding hydrogens is 460 g/mol. The van der Waals surface area contributed by atoms with E-state index in [2.05, 4.69) is 105 Å². The minimum absolute atomic E-state index is 0.0745. The van der Waals surface area contributed by atoms with Crippen molar-refractivity contribution in [2.75, 3.05) is 13.2 Å². The van der Waals surface area contributed by atoms with E-state index in [-0.39, 0.29) is 15.6 Å². The number of nitrogens with zero attached hydrogens (tertiary/aromatic N) is 2. The van der Waals surface area contributed by atoms with Gasteiger partial charge in [-0.05, 0) is 29.3 Å². The molecule has 5 nitrogen and oxygen atoms in total. The normalized spacial score (nSPS) is 15.2. The van der Waals surface area contributed by atoms with E-state index in [0.29, 0.717) is 13.2 Å². The van der Waals surface area contributed by atoms with E-state index in [1.807, 2.05) is 0 Å². The molecule has 0 radical (unpaired) electrons. The van der Waals surface area contributed by atoms with Crippen LogP contribution in [0.25, 0.3) is 0 Å². The van der Waals surface area contributed by atoms with E-state index >= 15 is 0 Å². The molecule has 0 atom stereocenters. The van der Waals surface area contributed by atoms with E-state index in [1.165, 1.54) is 21.7 Å². The van der Waals surface area contributed by atoms with Gasteiger partial charge in [-0.25, -0.2) is 9.78 Å². The number of aromatic nitrogens is 1. The first-order valence-corrected chi connectivity index (χ1v) is 14.5. The number of aromatic carboxylic acids is 1. The molecule has 1 aliphatic heterocycles. The maximum atomic E-state index is 11.4. The van der Waals surface area contributed by atoms with E-state index in [4.69, 9.17) is 4.43 Å². The molecule has 0 saturated heterocycles. The van der Waals surface area contributed by atoms with Crippen molar-refractivity contribution in [1.82, 2.24) is 9.88 Å². The molecule has 4 rings (SSSR count). The molecule has 0 fully saturated rings. The number of hydrogen-bond acceptors (Lipinski definition) is 5. The fraction of sp³-hybridized carbons (Fsp3) is 0.407. The van der Waals surface area contributed by atoms with Gasteiger partial charge in [-0.1, -0.05) is 81.4 Å². The highest BCUT2D eigenvalue weighted by atomic mass is 32.1. The highest BCUT2D eigenvalue weighted by Gasteiger charge is 2.51. The zero-order chi connectivity index (χ0) is 24.6. The van der Waals surface area contributed by atoms with Crippen LogP contribution in [0.2, 0.25) is 5.04 Å². The Hall–Kier alpha value is -2.32. The van der Waals surface area contributed by atoms with E-state index in [1.54, 1.807) is 0 Å². The SMILES string of the molecule is CC(C)(CO[Si](c1ccccc1)(c1ccccc1)C(C)(C)C)N1CCc2nc(C(=O)O)sc2C1. The number of carboxylic acid groups (broad SMARTS) is 1. The lowest BCUT2D eigenvalue weighted by atomic mass is 10.0. The Kier molecular flexibility index (Phi) is 6.84. The second kappa shape index (κ2) is 9.38. The molecule has 0 spiro atoms. The fourth-order valence-electron chi connectivity index (χ4n) is 4.94. The van der Waals surface area contributed by atoms with E-state index in [9.17, 15) is 9.90 Å². The first-order chi connectivity index (χ1) is 16.0. The molecule has 0 saturated carbocycles. The molecular formula is C27H34N2O3SSi. The van der Waals surface area contributed by atoms with Gasteiger partial charge in [0.05, 0.1) is 12.3 Å². The second-order valence-electron chi connectivity index (χ2n) is 10.6. The lowest BCUT2D eigenvalue weighted by molar-refractivity contribution is 0.0529. The molecule has 3 aromatic rings. The van der Waals surface area contributed by atoms with Gasteiger partial charge in [0.25, 0.3) is 8.32 Å². The average molecular weight is 495 g/mol. The van der Waals surface area contributed by atoms with Gasteiger partial charge in [-0.15, -0.1) is 11.3 Å². The smallest absolute Gasteiger partial charge is 0.365 e. The number of thiazole rings is 1. The topological polar surface area (TPSA) is 62.7 Å². The van der Waals surface area contributed by atoms with Crippen molar-refractivity contribution in [3.8, 4) is 0 Å². The Morgan fingerprint density at radius 1 is 1.03 bits per heavy atom. The summed E-state index contributed by atoms with van der Waals surface area (Å²) < 4.78 is 7.21. The highest BCUT2D eigenvalue weighted by molar-refractivity contribution is 7.13. The number of fused-ring (bicyclic) bond motifs is 1. The molecule has 1 N–H and O–H groups in total. The van der Waals surface area contributed by atoms with Gasteiger partial charge in [0.15, 0.2) is 0 Å². The monoisotopic (exact) mass is 494 g/mol. The van der Waals surface area contributed by atoms with Crippen LogP contribution in [0.5, 0.6) is 0 Å². The lowest BCUT2D eigenvalue weighted by Gasteiger charge is -2.47. The summed E-state index contributed by atoms with van der Waals surface area (Å²) in [4.78, 5) is 19.2. The summed E-state index contributed by atoms with van der Waals surface area (Å²) in [6.07, 6.45) is 0.766. The summed E-state index contributed by atoms with van der Waals surface area (Å²) in [5.74, 6) is -0.944. The molecule has 2 aromatic carbocycles. The molecule has 0 aliphatic carbocycles. The molecule has 7 heteroatoms. The molecule has 0 amide bonds. The molecule has 180 valence electrons. The first kappa shape index (κ1) is 24.8. The summed E-state index contributed by atoms with van der Waals surface area (Å²) in [6.45, 7) is 13.5. The zero-order valence-electron chi connectivity index (χ0n) is 20.7. The summed E-state index contributed by atoms with van der Waals surface area (Å²) in [6, 6.07) is 21.4. The first-order valence-electron chi connectivity index (χ1n) is 11.8. The molecule has 0 bridgehead atoms. The summed E-state index contributed by atoms with van der Waals surface area (Å²) in [5.41, 5.74) is 0.709. The largest absolute Gasteiger partial charge is 0.476 e. The molecule has 0 unspecified atom stereocenters. The van der Waals surface area contributed by atoms with Crippen LogP contribution in [0.4, 0.5) is 0 Å². The van der Waals surface area contributed by atoms with Crippen molar-refractivity contribution in [2.45, 2.75) is 58.2 Å². The van der Waals surface area contributed by atoms with Crippen LogP contribution in [-0.4, -0.2) is 48.0 Å². The molecule has 1 aromatic heterocycles. The zero-order valence-corrected chi connectivity index (χ0v) is 22.5. The van der Waals surface area contributed by atoms with Gasteiger partial charge < -0.3 is 9.53 Å². The molecule has 1 aliphatic rings. The van der Waals surface area contributed by atoms with Crippen molar-refractivity contribution in [2.24, 2.45) is 0 Å². The van der Waals surface area contributed by atoms with Crippen molar-refractivity contribution < 1.29 is 14.3 Å². The van der Waals surface area contributed by atoms with Crippen LogP contribution < -0.4 is 10.4 Å². The van der Waals surface area contributed by atoms with E-state index in [0.717, 1.165) is 23.5 Å². The van der Waals surface area contributed by atoms with Crippen LogP contribution in [0, 0.1) is 0 Å². The summed E-state index contributed by atoms with van der Waals surface area (Å²) >= 11 is 1.30. The van der Waals surface area contributed by atoms with Gasteiger partial charge in [0, 0.05) is 29.9 Å². The Labute approximate surface area is 207 Å².